The minimum atomic E-state index is -2.21. The van der Waals surface area contributed by atoms with Crippen molar-refractivity contribution in [2.75, 3.05) is 7.05 Å². The minimum absolute atomic E-state index is 0.318. The van der Waals surface area contributed by atoms with Gasteiger partial charge in [-0.1, -0.05) is 0 Å². The fraction of sp³-hybridized carbons (Fsp3) is 0.300. The molecule has 1 atom stereocenters. The minimum Gasteiger partial charge on any atom is -0.311 e. The largest absolute Gasteiger partial charge is 0.311 e. The van der Waals surface area contributed by atoms with Crippen LogP contribution in [0, 0.1) is 29.1 Å². The molecule has 0 bridgehead atoms. The van der Waals surface area contributed by atoms with Gasteiger partial charge in [0.25, 0.3) is 0 Å². The van der Waals surface area contributed by atoms with Crippen molar-refractivity contribution in [1.29, 1.82) is 0 Å². The van der Waals surface area contributed by atoms with Crippen LogP contribution in [0.5, 0.6) is 0 Å². The Labute approximate surface area is 93.4 Å². The molecule has 2 nitrogen and oxygen atoms in total. The zero-order valence-electron chi connectivity index (χ0n) is 8.66. The molecule has 0 radical (unpaired) electrons. The summed E-state index contributed by atoms with van der Waals surface area (Å²) in [5.74, 6) is -10.1. The summed E-state index contributed by atoms with van der Waals surface area (Å²) in [5.41, 5.74) is -1.01. The van der Waals surface area contributed by atoms with Crippen LogP contribution in [0.4, 0.5) is 22.0 Å². The van der Waals surface area contributed by atoms with Gasteiger partial charge < -0.3 is 10.1 Å². The molecule has 0 saturated heterocycles. The van der Waals surface area contributed by atoms with Gasteiger partial charge in [-0.05, 0) is 7.05 Å². The number of carbonyl (C=O) groups excluding carboxylic acids is 1. The zero-order chi connectivity index (χ0) is 13.2. The van der Waals surface area contributed by atoms with Crippen LogP contribution < -0.4 is 5.32 Å². The van der Waals surface area contributed by atoms with E-state index in [4.69, 9.17) is 0 Å². The number of hydrogen-bond donors (Lipinski definition) is 1. The molecule has 0 aliphatic carbocycles. The first-order chi connectivity index (χ1) is 7.93. The standard InChI is InChI=1S/C10H8F5NO/c1-16-4(3-17)2-5-6(11)8(13)10(15)9(14)7(5)12/h3-4,16H,2H2,1H3/t4-/m0/s1. The normalized spacial score (nSPS) is 12.6. The second kappa shape index (κ2) is 5.22. The highest BCUT2D eigenvalue weighted by Gasteiger charge is 2.26. The lowest BCUT2D eigenvalue weighted by Crippen LogP contribution is -2.30. The Morgan fingerprint density at radius 1 is 1.00 bits per heavy atom. The second-order valence-corrected chi connectivity index (χ2v) is 3.28. The third-order valence-electron chi connectivity index (χ3n) is 2.26. The summed E-state index contributed by atoms with van der Waals surface area (Å²) < 4.78 is 64.6. The Bertz CT molecular complexity index is 420. The summed E-state index contributed by atoms with van der Waals surface area (Å²) in [4.78, 5) is 10.4. The lowest BCUT2D eigenvalue weighted by Gasteiger charge is -2.12. The van der Waals surface area contributed by atoms with Crippen LogP contribution in [-0.2, 0) is 11.2 Å². The van der Waals surface area contributed by atoms with E-state index in [2.05, 4.69) is 5.32 Å². The highest BCUT2D eigenvalue weighted by Crippen LogP contribution is 2.23. The molecule has 0 heterocycles. The lowest BCUT2D eigenvalue weighted by atomic mass is 10.0. The number of aldehydes is 1. The van der Waals surface area contributed by atoms with Gasteiger partial charge in [-0.3, -0.25) is 0 Å². The summed E-state index contributed by atoms with van der Waals surface area (Å²) in [7, 11) is 1.32. The smallest absolute Gasteiger partial charge is 0.200 e. The summed E-state index contributed by atoms with van der Waals surface area (Å²) in [6.45, 7) is 0. The topological polar surface area (TPSA) is 29.1 Å². The molecule has 0 aliphatic heterocycles. The number of likely N-dealkylation sites (N-methyl/N-ethyl adjacent to an activating group) is 1. The summed E-state index contributed by atoms with van der Waals surface area (Å²) in [6.07, 6.45) is -0.302. The average molecular weight is 253 g/mol. The Balaban J connectivity index is 3.29. The quantitative estimate of drug-likeness (QED) is 0.383. The van der Waals surface area contributed by atoms with Crippen molar-refractivity contribution in [2.45, 2.75) is 12.5 Å². The van der Waals surface area contributed by atoms with Crippen molar-refractivity contribution in [3.05, 3.63) is 34.6 Å². The molecule has 0 amide bonds. The monoisotopic (exact) mass is 253 g/mol. The molecular weight excluding hydrogens is 245 g/mol. The SMILES string of the molecule is CN[C@H](C=O)Cc1c(F)c(F)c(F)c(F)c1F. The van der Waals surface area contributed by atoms with Crippen molar-refractivity contribution in [2.24, 2.45) is 0 Å². The van der Waals surface area contributed by atoms with Crippen molar-refractivity contribution >= 4 is 6.29 Å². The van der Waals surface area contributed by atoms with E-state index in [1.54, 1.807) is 0 Å². The van der Waals surface area contributed by atoms with Gasteiger partial charge in [-0.15, -0.1) is 0 Å². The molecule has 1 N–H and O–H groups in total. The Kier molecular flexibility index (Phi) is 4.17. The van der Waals surface area contributed by atoms with Gasteiger partial charge in [0.2, 0.25) is 5.82 Å². The zero-order valence-corrected chi connectivity index (χ0v) is 8.66. The maximum Gasteiger partial charge on any atom is 0.200 e. The summed E-state index contributed by atoms with van der Waals surface area (Å²) in [6, 6.07) is -1.02. The molecule has 1 rings (SSSR count). The highest BCUT2D eigenvalue weighted by molar-refractivity contribution is 5.58. The first-order valence-electron chi connectivity index (χ1n) is 4.56. The first-order valence-corrected chi connectivity index (χ1v) is 4.56. The molecular formula is C10H8F5NO. The summed E-state index contributed by atoms with van der Waals surface area (Å²) >= 11 is 0. The van der Waals surface area contributed by atoms with Crippen molar-refractivity contribution in [3.8, 4) is 0 Å². The number of nitrogens with one attached hydrogen (secondary N) is 1. The van der Waals surface area contributed by atoms with Crippen molar-refractivity contribution in [3.63, 3.8) is 0 Å². The van der Waals surface area contributed by atoms with Crippen LogP contribution in [0.1, 0.15) is 5.56 Å². The van der Waals surface area contributed by atoms with Gasteiger partial charge >= 0.3 is 0 Å². The number of rotatable bonds is 4. The summed E-state index contributed by atoms with van der Waals surface area (Å²) in [5, 5.41) is 2.37. The number of carbonyl (C=O) groups is 1. The fourth-order valence-electron chi connectivity index (χ4n) is 1.27. The highest BCUT2D eigenvalue weighted by atomic mass is 19.2. The number of hydrogen-bond acceptors (Lipinski definition) is 2. The Hall–Kier alpha value is -1.50. The average Bonchev–Trinajstić information content (AvgIpc) is 2.34. The molecule has 94 valence electrons. The number of benzene rings is 1. The fourth-order valence-corrected chi connectivity index (χ4v) is 1.27. The second-order valence-electron chi connectivity index (χ2n) is 3.28. The maximum atomic E-state index is 13.2. The molecule has 1 aromatic rings. The Morgan fingerprint density at radius 3 is 1.76 bits per heavy atom. The van der Waals surface area contributed by atoms with Crippen LogP contribution in [0.3, 0.4) is 0 Å². The van der Waals surface area contributed by atoms with Gasteiger partial charge in [0.1, 0.15) is 6.29 Å². The van der Waals surface area contributed by atoms with E-state index < -0.39 is 47.1 Å². The van der Waals surface area contributed by atoms with Crippen LogP contribution in [0.15, 0.2) is 0 Å². The van der Waals surface area contributed by atoms with E-state index >= 15 is 0 Å². The van der Waals surface area contributed by atoms with E-state index in [1.807, 2.05) is 0 Å². The molecule has 0 aromatic heterocycles. The Morgan fingerprint density at radius 2 is 1.41 bits per heavy atom. The van der Waals surface area contributed by atoms with Crippen molar-refractivity contribution in [1.82, 2.24) is 5.32 Å². The van der Waals surface area contributed by atoms with Crippen LogP contribution in [-0.4, -0.2) is 19.4 Å². The van der Waals surface area contributed by atoms with Gasteiger partial charge in [0, 0.05) is 12.0 Å². The van der Waals surface area contributed by atoms with E-state index in [0.29, 0.717) is 6.29 Å². The van der Waals surface area contributed by atoms with Gasteiger partial charge in [0.05, 0.1) is 6.04 Å². The molecule has 1 aromatic carbocycles. The van der Waals surface area contributed by atoms with Gasteiger partial charge in [0.15, 0.2) is 23.3 Å². The molecule has 0 aliphatic rings. The predicted octanol–water partition coefficient (Wildman–Crippen LogP) is 1.71. The number of halogens is 5. The first kappa shape index (κ1) is 13.6. The van der Waals surface area contributed by atoms with E-state index in [-0.39, 0.29) is 0 Å². The van der Waals surface area contributed by atoms with Gasteiger partial charge in [-0.2, -0.15) is 0 Å². The third-order valence-corrected chi connectivity index (χ3v) is 2.26. The lowest BCUT2D eigenvalue weighted by molar-refractivity contribution is -0.109. The van der Waals surface area contributed by atoms with Crippen LogP contribution >= 0.6 is 0 Å². The predicted molar refractivity (Wildman–Crippen MR) is 48.8 cm³/mol. The molecule has 0 saturated carbocycles. The van der Waals surface area contributed by atoms with E-state index in [1.165, 1.54) is 7.05 Å². The van der Waals surface area contributed by atoms with E-state index in [9.17, 15) is 26.7 Å². The molecule has 0 fully saturated rings. The molecule has 7 heteroatoms. The maximum absolute atomic E-state index is 13.2. The molecule has 0 unspecified atom stereocenters. The van der Waals surface area contributed by atoms with E-state index in [0.717, 1.165) is 0 Å². The van der Waals surface area contributed by atoms with Crippen LogP contribution in [0.2, 0.25) is 0 Å². The van der Waals surface area contributed by atoms with Crippen molar-refractivity contribution < 1.29 is 26.7 Å². The van der Waals surface area contributed by atoms with Gasteiger partial charge in [-0.25, -0.2) is 22.0 Å². The van der Waals surface area contributed by atoms with Crippen LogP contribution in [0.25, 0.3) is 0 Å². The molecule has 0 spiro atoms. The third kappa shape index (κ3) is 2.44. The molecule has 17 heavy (non-hydrogen) atoms.